The summed E-state index contributed by atoms with van der Waals surface area (Å²) in [5, 5.41) is 6.59. The summed E-state index contributed by atoms with van der Waals surface area (Å²) in [5.74, 6) is 1.53. The molecule has 136 valence electrons. The minimum Gasteiger partial charge on any atom is -0.493 e. The summed E-state index contributed by atoms with van der Waals surface area (Å²) in [5.41, 5.74) is 2.22. The van der Waals surface area contributed by atoms with Gasteiger partial charge in [0.15, 0.2) is 11.5 Å². The van der Waals surface area contributed by atoms with Gasteiger partial charge in [0.05, 0.1) is 19.4 Å². The number of aromatic nitrogens is 1. The Morgan fingerprint density at radius 2 is 2.24 bits per heavy atom. The number of rotatable bonds is 7. The van der Waals surface area contributed by atoms with E-state index in [1.165, 1.54) is 12.8 Å². The number of methoxy groups -OCH3 is 1. The van der Waals surface area contributed by atoms with Crippen molar-refractivity contribution >= 4 is 11.3 Å². The fourth-order valence-electron chi connectivity index (χ4n) is 3.25. The highest BCUT2D eigenvalue weighted by atomic mass is 32.1. The third-order valence-electron chi connectivity index (χ3n) is 4.56. The van der Waals surface area contributed by atoms with Crippen LogP contribution in [0.15, 0.2) is 23.6 Å². The molecule has 3 rings (SSSR count). The van der Waals surface area contributed by atoms with Crippen LogP contribution < -0.4 is 14.8 Å². The molecule has 0 spiro atoms. The quantitative estimate of drug-likeness (QED) is 0.819. The summed E-state index contributed by atoms with van der Waals surface area (Å²) in [6.07, 6.45) is 2.51. The standard InChI is InChI=1S/C19H27N3O2S/c1-4-24-17-8-7-14(10-18(17)23-3)19-21-16(13-25-19)12-22-9-5-6-15(11-22)20-2/h7-8,10,13,15,20H,4-6,9,11-12H2,1-3H3. The van der Waals surface area contributed by atoms with E-state index in [0.717, 1.165) is 47.4 Å². The van der Waals surface area contributed by atoms with Crippen LogP contribution in [0, 0.1) is 0 Å². The minimum absolute atomic E-state index is 0.599. The second-order valence-electron chi connectivity index (χ2n) is 6.31. The van der Waals surface area contributed by atoms with Crippen molar-refractivity contribution in [3.05, 3.63) is 29.3 Å². The molecule has 1 atom stereocenters. The molecule has 1 aromatic carbocycles. The molecule has 1 aliphatic rings. The number of ether oxygens (including phenoxy) is 2. The van der Waals surface area contributed by atoms with Crippen LogP contribution in [-0.4, -0.2) is 49.8 Å². The van der Waals surface area contributed by atoms with Gasteiger partial charge in [0, 0.05) is 30.1 Å². The van der Waals surface area contributed by atoms with Gasteiger partial charge < -0.3 is 14.8 Å². The highest BCUT2D eigenvalue weighted by Crippen LogP contribution is 2.34. The molecule has 5 nitrogen and oxygen atoms in total. The van der Waals surface area contributed by atoms with Crippen LogP contribution in [0.2, 0.25) is 0 Å². The highest BCUT2D eigenvalue weighted by molar-refractivity contribution is 7.13. The molecule has 0 bridgehead atoms. The number of piperidine rings is 1. The van der Waals surface area contributed by atoms with Crippen molar-refractivity contribution in [3.8, 4) is 22.1 Å². The fraction of sp³-hybridized carbons (Fsp3) is 0.526. The Hall–Kier alpha value is -1.63. The molecule has 0 radical (unpaired) electrons. The van der Waals surface area contributed by atoms with Gasteiger partial charge in [0.25, 0.3) is 0 Å². The fourth-order valence-corrected chi connectivity index (χ4v) is 4.06. The van der Waals surface area contributed by atoms with Crippen molar-refractivity contribution in [3.63, 3.8) is 0 Å². The third-order valence-corrected chi connectivity index (χ3v) is 5.50. The topological polar surface area (TPSA) is 46.6 Å². The van der Waals surface area contributed by atoms with Crippen LogP contribution in [0.25, 0.3) is 10.6 Å². The molecule has 1 aromatic heterocycles. The molecule has 1 saturated heterocycles. The first kappa shape index (κ1) is 18.2. The van der Waals surface area contributed by atoms with Gasteiger partial charge in [-0.25, -0.2) is 4.98 Å². The predicted octanol–water partition coefficient (Wildman–Crippen LogP) is 3.40. The summed E-state index contributed by atoms with van der Waals surface area (Å²) in [6.45, 7) is 5.77. The van der Waals surface area contributed by atoms with Crippen LogP contribution >= 0.6 is 11.3 Å². The first-order chi connectivity index (χ1) is 12.2. The van der Waals surface area contributed by atoms with Gasteiger partial charge in [-0.15, -0.1) is 11.3 Å². The van der Waals surface area contributed by atoms with E-state index in [0.29, 0.717) is 12.6 Å². The van der Waals surface area contributed by atoms with E-state index in [9.17, 15) is 0 Å². The second-order valence-corrected chi connectivity index (χ2v) is 7.16. The Morgan fingerprint density at radius 3 is 3.00 bits per heavy atom. The molecule has 2 heterocycles. The van der Waals surface area contributed by atoms with Gasteiger partial charge in [-0.3, -0.25) is 4.90 Å². The highest BCUT2D eigenvalue weighted by Gasteiger charge is 2.19. The molecule has 1 aliphatic heterocycles. The molecule has 1 unspecified atom stereocenters. The zero-order chi connectivity index (χ0) is 17.6. The van der Waals surface area contributed by atoms with Gasteiger partial charge in [0.1, 0.15) is 5.01 Å². The lowest BCUT2D eigenvalue weighted by Gasteiger charge is -2.31. The molecule has 0 aliphatic carbocycles. The van der Waals surface area contributed by atoms with Crippen LogP contribution in [0.3, 0.4) is 0 Å². The van der Waals surface area contributed by atoms with Crippen LogP contribution in [0.4, 0.5) is 0 Å². The van der Waals surface area contributed by atoms with Crippen LogP contribution in [0.5, 0.6) is 11.5 Å². The Bertz CT molecular complexity index is 689. The van der Waals surface area contributed by atoms with Gasteiger partial charge in [-0.1, -0.05) is 0 Å². The van der Waals surface area contributed by atoms with E-state index in [1.54, 1.807) is 18.4 Å². The molecule has 0 saturated carbocycles. The number of nitrogens with zero attached hydrogens (tertiary/aromatic N) is 2. The average Bonchev–Trinajstić information content (AvgIpc) is 3.11. The number of hydrogen-bond acceptors (Lipinski definition) is 6. The molecule has 0 amide bonds. The zero-order valence-corrected chi connectivity index (χ0v) is 16.1. The Kier molecular flexibility index (Phi) is 6.29. The summed E-state index contributed by atoms with van der Waals surface area (Å²) in [7, 11) is 3.72. The van der Waals surface area contributed by atoms with Gasteiger partial charge in [-0.05, 0) is 51.6 Å². The Labute approximate surface area is 154 Å². The molecular formula is C19H27N3O2S. The molecule has 1 fully saturated rings. The predicted molar refractivity (Wildman–Crippen MR) is 103 cm³/mol. The average molecular weight is 362 g/mol. The van der Waals surface area contributed by atoms with Crippen molar-refractivity contribution in [2.24, 2.45) is 0 Å². The smallest absolute Gasteiger partial charge is 0.161 e. The number of thiazole rings is 1. The van der Waals surface area contributed by atoms with E-state index >= 15 is 0 Å². The van der Waals surface area contributed by atoms with E-state index in [2.05, 4.69) is 22.6 Å². The number of benzene rings is 1. The monoisotopic (exact) mass is 361 g/mol. The SMILES string of the molecule is CCOc1ccc(-c2nc(CN3CCCC(NC)C3)cs2)cc1OC. The van der Waals surface area contributed by atoms with E-state index < -0.39 is 0 Å². The molecular weight excluding hydrogens is 334 g/mol. The molecule has 1 N–H and O–H groups in total. The lowest BCUT2D eigenvalue weighted by molar-refractivity contribution is 0.186. The number of likely N-dealkylation sites (N-methyl/N-ethyl adjacent to an activating group) is 1. The van der Waals surface area contributed by atoms with E-state index in [-0.39, 0.29) is 0 Å². The molecule has 25 heavy (non-hydrogen) atoms. The summed E-state index contributed by atoms with van der Waals surface area (Å²) < 4.78 is 11.0. The Balaban J connectivity index is 1.70. The normalized spacial score (nSPS) is 18.3. The zero-order valence-electron chi connectivity index (χ0n) is 15.2. The van der Waals surface area contributed by atoms with Crippen molar-refractivity contribution < 1.29 is 9.47 Å². The van der Waals surface area contributed by atoms with Crippen molar-refractivity contribution in [1.82, 2.24) is 15.2 Å². The van der Waals surface area contributed by atoms with Crippen molar-refractivity contribution in [2.45, 2.75) is 32.4 Å². The van der Waals surface area contributed by atoms with Gasteiger partial charge in [0.2, 0.25) is 0 Å². The molecule has 6 heteroatoms. The molecule has 2 aromatic rings. The van der Waals surface area contributed by atoms with E-state index in [4.69, 9.17) is 14.5 Å². The van der Waals surface area contributed by atoms with Gasteiger partial charge in [-0.2, -0.15) is 0 Å². The van der Waals surface area contributed by atoms with Crippen molar-refractivity contribution in [1.29, 1.82) is 0 Å². The summed E-state index contributed by atoms with van der Waals surface area (Å²) in [4.78, 5) is 7.32. The van der Waals surface area contributed by atoms with Crippen LogP contribution in [0.1, 0.15) is 25.5 Å². The summed E-state index contributed by atoms with van der Waals surface area (Å²) in [6, 6.07) is 6.61. The number of likely N-dealkylation sites (tertiary alicyclic amines) is 1. The number of hydrogen-bond donors (Lipinski definition) is 1. The maximum absolute atomic E-state index is 5.59. The lowest BCUT2D eigenvalue weighted by atomic mass is 10.1. The largest absolute Gasteiger partial charge is 0.493 e. The second kappa shape index (κ2) is 8.65. The first-order valence-electron chi connectivity index (χ1n) is 8.88. The van der Waals surface area contributed by atoms with Gasteiger partial charge >= 0.3 is 0 Å². The van der Waals surface area contributed by atoms with Crippen LogP contribution in [-0.2, 0) is 6.54 Å². The summed E-state index contributed by atoms with van der Waals surface area (Å²) >= 11 is 1.69. The third kappa shape index (κ3) is 4.51. The first-order valence-corrected chi connectivity index (χ1v) is 9.76. The van der Waals surface area contributed by atoms with Crippen molar-refractivity contribution in [2.75, 3.05) is 33.9 Å². The maximum atomic E-state index is 5.59. The van der Waals surface area contributed by atoms with E-state index in [1.807, 2.05) is 25.1 Å². The maximum Gasteiger partial charge on any atom is 0.161 e. The lowest BCUT2D eigenvalue weighted by Crippen LogP contribution is -2.43. The Morgan fingerprint density at radius 1 is 1.36 bits per heavy atom. The minimum atomic E-state index is 0.599. The number of nitrogens with one attached hydrogen (secondary N) is 1.